The number of ketones is 2. The molecule has 0 saturated heterocycles. The molecule has 1 unspecified atom stereocenters. The van der Waals surface area contributed by atoms with E-state index in [1.54, 1.807) is 6.92 Å². The number of hydrogen-bond acceptors (Lipinski definition) is 9. The van der Waals surface area contributed by atoms with Crippen molar-refractivity contribution < 1.29 is 71.2 Å². The molecule has 0 fully saturated rings. The summed E-state index contributed by atoms with van der Waals surface area (Å²) in [6.45, 7) is 1.77. The topological polar surface area (TPSA) is 150 Å². The van der Waals surface area contributed by atoms with Crippen LogP contribution in [0.2, 0.25) is 0 Å². The zero-order valence-corrected chi connectivity index (χ0v) is 25.6. The van der Waals surface area contributed by atoms with E-state index in [4.69, 9.17) is 4.74 Å². The number of methoxy groups -OCH3 is 1. The number of rotatable bonds is 7. The maximum absolute atomic E-state index is 13.5. The Kier molecular flexibility index (Phi) is 9.84. The zero-order valence-electron chi connectivity index (χ0n) is 18.1. The summed E-state index contributed by atoms with van der Waals surface area (Å²) in [7, 11) is -3.73. The molecule has 1 aliphatic carbocycles. The van der Waals surface area contributed by atoms with Crippen LogP contribution < -0.4 is 34.3 Å². The fourth-order valence-electron chi connectivity index (χ4n) is 3.74. The summed E-state index contributed by atoms with van der Waals surface area (Å²) in [6, 6.07) is 1.21. The summed E-state index contributed by atoms with van der Waals surface area (Å²) in [5, 5.41) is 21.1. The maximum Gasteiger partial charge on any atom is 1.00 e. The van der Waals surface area contributed by atoms with E-state index < -0.39 is 33.8 Å². The van der Waals surface area contributed by atoms with Gasteiger partial charge in [-0.25, -0.2) is 8.42 Å². The summed E-state index contributed by atoms with van der Waals surface area (Å²) in [5.41, 5.74) is -0.512. The summed E-state index contributed by atoms with van der Waals surface area (Å²) >= 11 is 9.57. The first-order chi connectivity index (χ1) is 15.3. The predicted octanol–water partition coefficient (Wildman–Crippen LogP) is 1.36. The Bertz CT molecular complexity index is 1300. The van der Waals surface area contributed by atoms with Gasteiger partial charge in [-0.05, 0) is 65.8 Å². The number of fused-ring (bicyclic) bond motifs is 2. The number of ether oxygens (including phenoxy) is 1. The minimum Gasteiger partial charge on any atom is -0.726 e. The molecule has 0 bridgehead atoms. The van der Waals surface area contributed by atoms with Gasteiger partial charge in [-0.2, -0.15) is 0 Å². The van der Waals surface area contributed by atoms with Gasteiger partial charge in [0.2, 0.25) is 16.2 Å². The minimum atomic E-state index is -4.99. The molecule has 0 amide bonds. The average molecular weight is 695 g/mol. The van der Waals surface area contributed by atoms with Gasteiger partial charge in [0.1, 0.15) is 21.7 Å². The zero-order chi connectivity index (χ0) is 24.8. The van der Waals surface area contributed by atoms with Crippen LogP contribution in [0, 0.1) is 0 Å². The Balaban J connectivity index is 0.00000408. The third-order valence-electron chi connectivity index (χ3n) is 5.05. The molecule has 14 heteroatoms. The molecule has 1 aliphatic rings. The van der Waals surface area contributed by atoms with E-state index in [2.05, 4.69) is 52.0 Å². The maximum atomic E-state index is 13.5. The minimum absolute atomic E-state index is 0. The van der Waals surface area contributed by atoms with Crippen molar-refractivity contribution in [3.05, 3.63) is 47.3 Å². The van der Waals surface area contributed by atoms with Gasteiger partial charge in [0.15, 0.2) is 5.78 Å². The quantitative estimate of drug-likeness (QED) is 0.212. The molecule has 0 aliphatic heterocycles. The SMILES string of the molecule is CCCC(Cc1cc(O)c2c(c1Br)C(=O)c1c(Br)c(O)c(Br)c(OC)c1C2=O)OS(=O)(=O)[O-].[Na+]. The molecule has 9 nitrogen and oxygen atoms in total. The Morgan fingerprint density at radius 2 is 1.56 bits per heavy atom. The van der Waals surface area contributed by atoms with Crippen LogP contribution in [0.15, 0.2) is 19.5 Å². The van der Waals surface area contributed by atoms with E-state index in [1.807, 2.05) is 0 Å². The molecule has 2 N–H and O–H groups in total. The molecule has 2 aromatic carbocycles. The van der Waals surface area contributed by atoms with Crippen LogP contribution >= 0.6 is 47.8 Å². The molecular weight excluding hydrogens is 679 g/mol. The number of phenols is 2. The fourth-order valence-corrected chi connectivity index (χ4v) is 6.29. The molecule has 178 valence electrons. The van der Waals surface area contributed by atoms with Crippen molar-refractivity contribution in [1.29, 1.82) is 0 Å². The third-order valence-corrected chi connectivity index (χ3v) is 7.98. The molecule has 34 heavy (non-hydrogen) atoms. The van der Waals surface area contributed by atoms with E-state index in [0.29, 0.717) is 6.42 Å². The van der Waals surface area contributed by atoms with Gasteiger partial charge in [0, 0.05) is 10.9 Å². The van der Waals surface area contributed by atoms with Crippen molar-refractivity contribution in [2.45, 2.75) is 32.3 Å². The first-order valence-electron chi connectivity index (χ1n) is 9.39. The van der Waals surface area contributed by atoms with E-state index >= 15 is 0 Å². The molecule has 0 aromatic heterocycles. The molecule has 0 radical (unpaired) electrons. The van der Waals surface area contributed by atoms with E-state index in [-0.39, 0.29) is 95.1 Å². The first kappa shape index (κ1) is 29.7. The summed E-state index contributed by atoms with van der Waals surface area (Å²) in [5.74, 6) is -2.36. The summed E-state index contributed by atoms with van der Waals surface area (Å²) < 4.78 is 43.3. The van der Waals surface area contributed by atoms with Crippen LogP contribution in [0.5, 0.6) is 17.2 Å². The average Bonchev–Trinajstić information content (AvgIpc) is 2.71. The van der Waals surface area contributed by atoms with E-state index in [0.717, 1.165) is 0 Å². The van der Waals surface area contributed by atoms with Gasteiger partial charge in [-0.3, -0.25) is 13.8 Å². The van der Waals surface area contributed by atoms with Crippen LogP contribution in [0.4, 0.5) is 0 Å². The Morgan fingerprint density at radius 1 is 1.00 bits per heavy atom. The Morgan fingerprint density at radius 3 is 2.09 bits per heavy atom. The molecule has 3 rings (SSSR count). The largest absolute Gasteiger partial charge is 1.00 e. The molecule has 0 saturated carbocycles. The number of carbonyl (C=O) groups excluding carboxylic acids is 2. The van der Waals surface area contributed by atoms with Crippen molar-refractivity contribution in [2.75, 3.05) is 7.11 Å². The monoisotopic (exact) mass is 692 g/mol. The molecule has 0 spiro atoms. The predicted molar refractivity (Wildman–Crippen MR) is 126 cm³/mol. The van der Waals surface area contributed by atoms with Gasteiger partial charge in [-0.1, -0.05) is 13.3 Å². The summed E-state index contributed by atoms with van der Waals surface area (Å²) in [4.78, 5) is 26.9. The van der Waals surface area contributed by atoms with Crippen molar-refractivity contribution in [1.82, 2.24) is 0 Å². The van der Waals surface area contributed by atoms with Crippen molar-refractivity contribution in [3.63, 3.8) is 0 Å². The number of halogens is 3. The molecular formula is C20H16Br3NaO9S. The van der Waals surface area contributed by atoms with Gasteiger partial charge >= 0.3 is 29.6 Å². The standard InChI is InChI=1S/C20H17Br3O9S.Na/c1-3-4-8(32-33(28,29)30)5-7-6-9(24)10-11(14(7)21)18(26)12-13(17(10)25)20(31-2)16(23)19(27)15(12)22;/h6,8,24,27H,3-5H2,1-2H3,(H,28,29,30);/q;+1/p-1. The smallest absolute Gasteiger partial charge is 0.726 e. The first-order valence-corrected chi connectivity index (χ1v) is 13.1. The van der Waals surface area contributed by atoms with Crippen LogP contribution in [-0.2, 0) is 21.0 Å². The fraction of sp³-hybridized carbons (Fsp3) is 0.300. The Labute approximate surface area is 242 Å². The van der Waals surface area contributed by atoms with Crippen LogP contribution in [0.1, 0.15) is 57.2 Å². The van der Waals surface area contributed by atoms with Crippen LogP contribution in [0.25, 0.3) is 0 Å². The van der Waals surface area contributed by atoms with Gasteiger partial charge in [-0.15, -0.1) is 0 Å². The number of hydrogen-bond donors (Lipinski definition) is 2. The third kappa shape index (κ3) is 5.42. The summed E-state index contributed by atoms with van der Waals surface area (Å²) in [6.07, 6.45) is -0.465. The van der Waals surface area contributed by atoms with E-state index in [1.165, 1.54) is 13.2 Å². The normalized spacial score (nSPS) is 13.7. The number of benzene rings is 2. The number of carbonyl (C=O) groups is 2. The molecule has 0 heterocycles. The van der Waals surface area contributed by atoms with Gasteiger partial charge < -0.3 is 19.5 Å². The van der Waals surface area contributed by atoms with E-state index in [9.17, 15) is 32.8 Å². The van der Waals surface area contributed by atoms with Crippen molar-refractivity contribution >= 4 is 69.8 Å². The second-order valence-corrected chi connectivity index (χ2v) is 10.5. The molecule has 2 aromatic rings. The Hall–Kier alpha value is -0.510. The van der Waals surface area contributed by atoms with Crippen LogP contribution in [0.3, 0.4) is 0 Å². The number of phenolic OH excluding ortho intramolecular Hbond substituents is 2. The van der Waals surface area contributed by atoms with Gasteiger partial charge in [0.05, 0.1) is 39.9 Å². The second-order valence-electron chi connectivity index (χ2n) is 7.16. The molecule has 1 atom stereocenters. The van der Waals surface area contributed by atoms with Crippen molar-refractivity contribution in [2.24, 2.45) is 0 Å². The van der Waals surface area contributed by atoms with Crippen LogP contribution in [-0.4, -0.2) is 48.0 Å². The number of aromatic hydroxyl groups is 2. The van der Waals surface area contributed by atoms with Gasteiger partial charge in [0.25, 0.3) is 0 Å². The van der Waals surface area contributed by atoms with Crippen molar-refractivity contribution in [3.8, 4) is 17.2 Å². The second kappa shape index (κ2) is 11.3.